The van der Waals surface area contributed by atoms with E-state index in [1.165, 1.54) is 0 Å². The molecule has 2 aromatic heterocycles. The maximum Gasteiger partial charge on any atom is 0.195 e. The van der Waals surface area contributed by atoms with Gasteiger partial charge in [0.05, 0.1) is 23.1 Å². The summed E-state index contributed by atoms with van der Waals surface area (Å²) >= 11 is 0. The van der Waals surface area contributed by atoms with E-state index in [1.807, 2.05) is 61.5 Å². The number of ether oxygens (including phenoxy) is 1. The zero-order chi connectivity index (χ0) is 22.9. The summed E-state index contributed by atoms with van der Waals surface area (Å²) in [4.78, 5) is 20.6. The van der Waals surface area contributed by atoms with Crippen LogP contribution in [0.2, 0.25) is 0 Å². The zero-order valence-electron chi connectivity index (χ0n) is 19.2. The van der Waals surface area contributed by atoms with Gasteiger partial charge in [0, 0.05) is 36.2 Å². The highest BCUT2D eigenvalue weighted by atomic mass is 16.5. The van der Waals surface area contributed by atoms with Crippen LogP contribution in [-0.4, -0.2) is 34.8 Å². The highest BCUT2D eigenvalue weighted by molar-refractivity contribution is 5.93. The molecule has 1 N–H and O–H groups in total. The highest BCUT2D eigenvalue weighted by Gasteiger charge is 2.26. The van der Waals surface area contributed by atoms with Crippen molar-refractivity contribution in [2.24, 2.45) is 0 Å². The first-order valence-electron chi connectivity index (χ1n) is 11.3. The van der Waals surface area contributed by atoms with Crippen LogP contribution in [-0.2, 0) is 4.74 Å². The summed E-state index contributed by atoms with van der Waals surface area (Å²) in [6.45, 7) is 7.50. The topological polar surface area (TPSA) is 59.4 Å². The average molecular weight is 441 g/mol. The van der Waals surface area contributed by atoms with Crippen molar-refractivity contribution < 1.29 is 4.74 Å². The molecule has 3 heterocycles. The van der Waals surface area contributed by atoms with Gasteiger partial charge in [0.2, 0.25) is 0 Å². The van der Waals surface area contributed by atoms with Crippen molar-refractivity contribution in [2.75, 3.05) is 23.3 Å². The van der Waals surface area contributed by atoms with Gasteiger partial charge in [-0.05, 0) is 51.1 Å². The first kappa shape index (κ1) is 21.2. The summed E-state index contributed by atoms with van der Waals surface area (Å²) in [6, 6.07) is 23.7. The smallest absolute Gasteiger partial charge is 0.195 e. The molecule has 6 heteroatoms. The lowest BCUT2D eigenvalue weighted by Gasteiger charge is -2.36. The van der Waals surface area contributed by atoms with Gasteiger partial charge in [-0.15, -0.1) is 0 Å². The molecule has 1 aliphatic heterocycles. The molecule has 5 rings (SSSR count). The number of morpholine rings is 1. The second-order valence-electron chi connectivity index (χ2n) is 8.70. The largest absolute Gasteiger partial charge is 0.372 e. The van der Waals surface area contributed by atoms with Gasteiger partial charge in [-0.1, -0.05) is 36.4 Å². The summed E-state index contributed by atoms with van der Waals surface area (Å²) in [5.74, 6) is 1.44. The van der Waals surface area contributed by atoms with Gasteiger partial charge >= 0.3 is 0 Å². The molecular formula is C27H28N4O2. The van der Waals surface area contributed by atoms with Gasteiger partial charge in [-0.3, -0.25) is 9.36 Å². The molecule has 6 nitrogen and oxygen atoms in total. The number of nitrogens with zero attached hydrogens (tertiary/aromatic N) is 3. The van der Waals surface area contributed by atoms with Crippen LogP contribution in [0, 0.1) is 6.92 Å². The fraction of sp³-hybridized carbons (Fsp3) is 0.259. The summed E-state index contributed by atoms with van der Waals surface area (Å²) < 4.78 is 8.03. The number of aromatic nitrogens is 2. The molecule has 2 atom stereocenters. The summed E-state index contributed by atoms with van der Waals surface area (Å²) in [6.07, 6.45) is 0.142. The van der Waals surface area contributed by atoms with Crippen molar-refractivity contribution in [3.8, 4) is 5.69 Å². The molecule has 4 aromatic rings. The Morgan fingerprint density at radius 3 is 2.24 bits per heavy atom. The molecule has 0 aliphatic carbocycles. The van der Waals surface area contributed by atoms with Crippen LogP contribution in [0.5, 0.6) is 0 Å². The maximum absolute atomic E-state index is 13.6. The Morgan fingerprint density at radius 1 is 0.939 bits per heavy atom. The lowest BCUT2D eigenvalue weighted by atomic mass is 10.1. The van der Waals surface area contributed by atoms with Gasteiger partial charge in [-0.25, -0.2) is 4.98 Å². The molecule has 1 fully saturated rings. The third kappa shape index (κ3) is 4.22. The minimum atomic E-state index is -0.0510. The lowest BCUT2D eigenvalue weighted by molar-refractivity contribution is -0.00537. The number of hydrogen-bond acceptors (Lipinski definition) is 5. The van der Waals surface area contributed by atoms with Crippen LogP contribution in [0.3, 0.4) is 0 Å². The van der Waals surface area contributed by atoms with E-state index < -0.39 is 0 Å². The monoisotopic (exact) mass is 440 g/mol. The normalized spacial score (nSPS) is 18.5. The molecule has 33 heavy (non-hydrogen) atoms. The van der Waals surface area contributed by atoms with Crippen molar-refractivity contribution in [1.29, 1.82) is 0 Å². The first-order valence-corrected chi connectivity index (χ1v) is 11.3. The fourth-order valence-electron chi connectivity index (χ4n) is 4.64. The van der Waals surface area contributed by atoms with Crippen LogP contribution < -0.4 is 15.6 Å². The van der Waals surface area contributed by atoms with E-state index in [0.29, 0.717) is 24.3 Å². The van der Waals surface area contributed by atoms with Crippen molar-refractivity contribution >= 4 is 28.2 Å². The van der Waals surface area contributed by atoms with Crippen molar-refractivity contribution in [1.82, 2.24) is 9.55 Å². The first-order chi connectivity index (χ1) is 16.0. The quantitative estimate of drug-likeness (QED) is 0.481. The summed E-state index contributed by atoms with van der Waals surface area (Å²) in [7, 11) is 0. The van der Waals surface area contributed by atoms with E-state index >= 15 is 0 Å². The van der Waals surface area contributed by atoms with Crippen LogP contribution in [0.1, 0.15) is 19.5 Å². The second-order valence-corrected chi connectivity index (χ2v) is 8.70. The minimum Gasteiger partial charge on any atom is -0.372 e. The zero-order valence-corrected chi connectivity index (χ0v) is 19.2. The van der Waals surface area contributed by atoms with E-state index in [4.69, 9.17) is 9.72 Å². The summed E-state index contributed by atoms with van der Waals surface area (Å²) in [5, 5.41) is 4.07. The van der Waals surface area contributed by atoms with Crippen LogP contribution in [0.4, 0.5) is 17.3 Å². The summed E-state index contributed by atoms with van der Waals surface area (Å²) in [5.41, 5.74) is 3.54. The molecule has 2 aromatic carbocycles. The van der Waals surface area contributed by atoms with Gasteiger partial charge < -0.3 is 15.0 Å². The predicted octanol–water partition coefficient (Wildman–Crippen LogP) is 5.05. The van der Waals surface area contributed by atoms with Crippen LogP contribution in [0.15, 0.2) is 77.6 Å². The number of anilines is 3. The number of benzene rings is 2. The maximum atomic E-state index is 13.6. The Morgan fingerprint density at radius 2 is 1.58 bits per heavy atom. The van der Waals surface area contributed by atoms with E-state index in [-0.39, 0.29) is 17.6 Å². The minimum absolute atomic E-state index is 0.0510. The Bertz CT molecular complexity index is 1330. The SMILES string of the molecule is Cc1cc2c(c(N3C[C@@H](C)O[C@@H](C)C3)n1)c(=O)cc(Nc1ccccc1)n2-c1ccccc1. The molecule has 0 saturated carbocycles. The van der Waals surface area contributed by atoms with Gasteiger partial charge in [0.15, 0.2) is 5.43 Å². The van der Waals surface area contributed by atoms with Gasteiger partial charge in [-0.2, -0.15) is 0 Å². The number of pyridine rings is 2. The van der Waals surface area contributed by atoms with E-state index in [2.05, 4.69) is 40.8 Å². The third-order valence-corrected chi connectivity index (χ3v) is 5.88. The molecule has 168 valence electrons. The highest BCUT2D eigenvalue weighted by Crippen LogP contribution is 2.31. The number of aryl methyl sites for hydroxylation is 1. The molecule has 0 spiro atoms. The molecule has 1 aliphatic rings. The van der Waals surface area contributed by atoms with Crippen LogP contribution in [0.25, 0.3) is 16.6 Å². The van der Waals surface area contributed by atoms with E-state index in [0.717, 1.165) is 28.4 Å². The number of hydrogen-bond donors (Lipinski definition) is 1. The molecule has 0 radical (unpaired) electrons. The Kier molecular flexibility index (Phi) is 5.60. The third-order valence-electron chi connectivity index (χ3n) is 5.88. The van der Waals surface area contributed by atoms with E-state index in [9.17, 15) is 4.79 Å². The van der Waals surface area contributed by atoms with E-state index in [1.54, 1.807) is 6.07 Å². The van der Waals surface area contributed by atoms with Gasteiger partial charge in [0.1, 0.15) is 11.6 Å². The predicted molar refractivity (Wildman–Crippen MR) is 134 cm³/mol. The van der Waals surface area contributed by atoms with Crippen LogP contribution >= 0.6 is 0 Å². The fourth-order valence-corrected chi connectivity index (χ4v) is 4.64. The number of rotatable bonds is 4. The second kappa shape index (κ2) is 8.71. The Labute approximate surface area is 193 Å². The number of para-hydroxylation sites is 2. The molecule has 0 bridgehead atoms. The van der Waals surface area contributed by atoms with Crippen molar-refractivity contribution in [3.63, 3.8) is 0 Å². The van der Waals surface area contributed by atoms with Gasteiger partial charge in [0.25, 0.3) is 0 Å². The average Bonchev–Trinajstić information content (AvgIpc) is 2.79. The number of nitrogens with one attached hydrogen (secondary N) is 1. The molecule has 1 saturated heterocycles. The Hall–Kier alpha value is -3.64. The van der Waals surface area contributed by atoms with Crippen molar-refractivity contribution in [2.45, 2.75) is 33.0 Å². The molecule has 0 amide bonds. The Balaban J connectivity index is 1.77. The molecular weight excluding hydrogens is 412 g/mol. The standard InChI is InChI=1S/C27H28N4O2/c1-18-14-23-26(27(28-18)30-16-19(2)33-20(3)17-30)24(32)15-25(29-21-10-6-4-7-11-21)31(23)22-12-8-5-9-13-22/h4-15,19-20,29H,16-17H2,1-3H3/t19-,20+. The van der Waals surface area contributed by atoms with Crippen molar-refractivity contribution in [3.05, 3.63) is 88.7 Å². The number of fused-ring (bicyclic) bond motifs is 1. The molecule has 0 unspecified atom stereocenters. The lowest BCUT2D eigenvalue weighted by Crippen LogP contribution is -2.46.